The van der Waals surface area contributed by atoms with Gasteiger partial charge in [-0.3, -0.25) is 9.59 Å². The first-order chi connectivity index (χ1) is 16.3. The molecular formula is C25H21F3N2O4. The fourth-order valence-corrected chi connectivity index (χ4v) is 3.45. The van der Waals surface area contributed by atoms with E-state index in [1.807, 2.05) is 0 Å². The zero-order chi connectivity index (χ0) is 24.1. The second-order valence-corrected chi connectivity index (χ2v) is 7.56. The van der Waals surface area contributed by atoms with Crippen LogP contribution in [0.3, 0.4) is 0 Å². The highest BCUT2D eigenvalue weighted by molar-refractivity contribution is 6.05. The normalized spacial score (nSPS) is 14.7. The van der Waals surface area contributed by atoms with Gasteiger partial charge in [0.25, 0.3) is 11.8 Å². The van der Waals surface area contributed by atoms with Crippen molar-refractivity contribution in [1.29, 1.82) is 0 Å². The second kappa shape index (κ2) is 9.96. The molecule has 0 unspecified atom stereocenters. The van der Waals surface area contributed by atoms with Crippen molar-refractivity contribution in [1.82, 2.24) is 10.2 Å². The molecule has 34 heavy (non-hydrogen) atoms. The first kappa shape index (κ1) is 23.3. The van der Waals surface area contributed by atoms with Gasteiger partial charge in [-0.2, -0.15) is 13.2 Å². The summed E-state index contributed by atoms with van der Waals surface area (Å²) >= 11 is 0. The standard InChI is InChI=1S/C25H21F3N2O4/c26-25(27,28)19-8-4-7-18(15-19)22-10-9-20(34-22)16-21(24(32)30-11-13-33-14-12-30)29-23(31)17-5-2-1-3-6-17/h1-10,15-16H,11-14H2,(H,29,31)/b21-16+. The molecule has 9 heteroatoms. The average Bonchev–Trinajstić information content (AvgIpc) is 3.32. The predicted molar refractivity (Wildman–Crippen MR) is 118 cm³/mol. The molecule has 0 saturated carbocycles. The average molecular weight is 470 g/mol. The summed E-state index contributed by atoms with van der Waals surface area (Å²) in [5.41, 5.74) is -0.200. The van der Waals surface area contributed by atoms with Crippen molar-refractivity contribution in [3.05, 3.63) is 89.3 Å². The van der Waals surface area contributed by atoms with Gasteiger partial charge < -0.3 is 19.4 Å². The lowest BCUT2D eigenvalue weighted by atomic mass is 10.1. The smallest absolute Gasteiger partial charge is 0.416 e. The van der Waals surface area contributed by atoms with Gasteiger partial charge in [0.2, 0.25) is 0 Å². The number of hydrogen-bond acceptors (Lipinski definition) is 4. The monoisotopic (exact) mass is 470 g/mol. The lowest BCUT2D eigenvalue weighted by Gasteiger charge is -2.27. The van der Waals surface area contributed by atoms with Gasteiger partial charge in [0.1, 0.15) is 17.2 Å². The summed E-state index contributed by atoms with van der Waals surface area (Å²) in [5.74, 6) is -0.481. The number of furan rings is 1. The second-order valence-electron chi connectivity index (χ2n) is 7.56. The molecule has 2 aromatic carbocycles. The number of carbonyl (C=O) groups is 2. The maximum atomic E-state index is 13.1. The molecule has 3 aromatic rings. The molecule has 2 amide bonds. The summed E-state index contributed by atoms with van der Waals surface area (Å²) in [5, 5.41) is 2.64. The quantitative estimate of drug-likeness (QED) is 0.554. The number of ether oxygens (including phenoxy) is 1. The van der Waals surface area contributed by atoms with E-state index in [9.17, 15) is 22.8 Å². The molecule has 0 atom stereocenters. The molecule has 1 fully saturated rings. The van der Waals surface area contributed by atoms with Crippen LogP contribution in [0.15, 0.2) is 76.8 Å². The first-order valence-corrected chi connectivity index (χ1v) is 10.5. The number of rotatable bonds is 5. The van der Waals surface area contributed by atoms with Crippen LogP contribution in [0.25, 0.3) is 17.4 Å². The Balaban J connectivity index is 1.63. The topological polar surface area (TPSA) is 71.8 Å². The molecule has 6 nitrogen and oxygen atoms in total. The van der Waals surface area contributed by atoms with Crippen molar-refractivity contribution in [3.8, 4) is 11.3 Å². The van der Waals surface area contributed by atoms with Crippen LogP contribution in [0.5, 0.6) is 0 Å². The van der Waals surface area contributed by atoms with Crippen molar-refractivity contribution in [3.63, 3.8) is 0 Å². The van der Waals surface area contributed by atoms with Crippen molar-refractivity contribution < 1.29 is 31.9 Å². The minimum absolute atomic E-state index is 0.0132. The zero-order valence-corrected chi connectivity index (χ0v) is 18.0. The van der Waals surface area contributed by atoms with Crippen LogP contribution in [0, 0.1) is 0 Å². The number of morpholine rings is 1. The van der Waals surface area contributed by atoms with Crippen LogP contribution in [0.4, 0.5) is 13.2 Å². The number of nitrogens with zero attached hydrogens (tertiary/aromatic N) is 1. The third-order valence-corrected chi connectivity index (χ3v) is 5.20. The highest BCUT2D eigenvalue weighted by Gasteiger charge is 2.30. The van der Waals surface area contributed by atoms with Crippen LogP contribution in [0.1, 0.15) is 21.7 Å². The van der Waals surface area contributed by atoms with E-state index in [0.717, 1.165) is 12.1 Å². The molecule has 0 radical (unpaired) electrons. The van der Waals surface area contributed by atoms with Gasteiger partial charge in [-0.1, -0.05) is 30.3 Å². The van der Waals surface area contributed by atoms with E-state index in [2.05, 4.69) is 5.32 Å². The van der Waals surface area contributed by atoms with Crippen LogP contribution in [-0.2, 0) is 15.7 Å². The number of nitrogens with one attached hydrogen (secondary N) is 1. The minimum atomic E-state index is -4.48. The van der Waals surface area contributed by atoms with Gasteiger partial charge in [-0.25, -0.2) is 0 Å². The fraction of sp³-hybridized carbons (Fsp3) is 0.200. The van der Waals surface area contributed by atoms with Gasteiger partial charge >= 0.3 is 6.18 Å². The Morgan fingerprint density at radius 1 is 0.941 bits per heavy atom. The third kappa shape index (κ3) is 5.55. The summed E-state index contributed by atoms with van der Waals surface area (Å²) in [7, 11) is 0. The van der Waals surface area contributed by atoms with Gasteiger partial charge in [0.15, 0.2) is 0 Å². The molecule has 0 aliphatic carbocycles. The lowest BCUT2D eigenvalue weighted by Crippen LogP contribution is -2.44. The Morgan fingerprint density at radius 2 is 1.68 bits per heavy atom. The van der Waals surface area contributed by atoms with Gasteiger partial charge in [0.05, 0.1) is 18.8 Å². The Morgan fingerprint density at radius 3 is 2.38 bits per heavy atom. The molecule has 1 aliphatic heterocycles. The van der Waals surface area contributed by atoms with Crippen LogP contribution < -0.4 is 5.32 Å². The fourth-order valence-electron chi connectivity index (χ4n) is 3.45. The lowest BCUT2D eigenvalue weighted by molar-refractivity contribution is -0.137. The highest BCUT2D eigenvalue weighted by atomic mass is 19.4. The Hall–Kier alpha value is -3.85. The van der Waals surface area contributed by atoms with Crippen molar-refractivity contribution >= 4 is 17.9 Å². The molecule has 2 heterocycles. The molecule has 1 N–H and O–H groups in total. The molecule has 4 rings (SSSR count). The molecule has 0 bridgehead atoms. The SMILES string of the molecule is O=C(N/C(=C/c1ccc(-c2cccc(C(F)(F)F)c2)o1)C(=O)N1CCOCC1)c1ccccc1. The zero-order valence-electron chi connectivity index (χ0n) is 18.0. The maximum absolute atomic E-state index is 13.1. The number of benzene rings is 2. The Labute approximate surface area is 193 Å². The summed E-state index contributed by atoms with van der Waals surface area (Å²) in [4.78, 5) is 27.4. The van der Waals surface area contributed by atoms with Crippen LogP contribution in [-0.4, -0.2) is 43.0 Å². The molecular weight excluding hydrogens is 449 g/mol. The van der Waals surface area contributed by atoms with E-state index >= 15 is 0 Å². The van der Waals surface area contributed by atoms with Crippen LogP contribution >= 0.6 is 0 Å². The number of hydrogen-bond donors (Lipinski definition) is 1. The van der Waals surface area contributed by atoms with Crippen molar-refractivity contribution in [2.24, 2.45) is 0 Å². The summed E-state index contributed by atoms with van der Waals surface area (Å²) in [6.07, 6.45) is -3.11. The first-order valence-electron chi connectivity index (χ1n) is 10.5. The Bertz CT molecular complexity index is 1200. The summed E-state index contributed by atoms with van der Waals surface area (Å²) in [6, 6.07) is 16.2. The van der Waals surface area contributed by atoms with E-state index in [1.165, 1.54) is 30.3 Å². The van der Waals surface area contributed by atoms with E-state index in [-0.39, 0.29) is 22.8 Å². The molecule has 1 aromatic heterocycles. The third-order valence-electron chi connectivity index (χ3n) is 5.20. The van der Waals surface area contributed by atoms with E-state index in [1.54, 1.807) is 35.2 Å². The molecule has 0 spiro atoms. The largest absolute Gasteiger partial charge is 0.457 e. The van der Waals surface area contributed by atoms with E-state index in [4.69, 9.17) is 9.15 Å². The van der Waals surface area contributed by atoms with Crippen molar-refractivity contribution in [2.45, 2.75) is 6.18 Å². The number of halogens is 3. The molecule has 1 aliphatic rings. The highest BCUT2D eigenvalue weighted by Crippen LogP contribution is 2.33. The van der Waals surface area contributed by atoms with Crippen molar-refractivity contribution in [2.75, 3.05) is 26.3 Å². The molecule has 176 valence electrons. The van der Waals surface area contributed by atoms with E-state index in [0.29, 0.717) is 31.9 Å². The molecule has 1 saturated heterocycles. The van der Waals surface area contributed by atoms with Crippen LogP contribution in [0.2, 0.25) is 0 Å². The van der Waals surface area contributed by atoms with Gasteiger partial charge in [-0.05, 0) is 36.4 Å². The predicted octanol–water partition coefficient (Wildman–Crippen LogP) is 4.60. The number of alkyl halides is 3. The van der Waals surface area contributed by atoms with E-state index < -0.39 is 23.6 Å². The summed E-state index contributed by atoms with van der Waals surface area (Å²) < 4.78 is 50.2. The number of amides is 2. The Kier molecular flexibility index (Phi) is 6.83. The number of carbonyl (C=O) groups excluding carboxylic acids is 2. The minimum Gasteiger partial charge on any atom is -0.457 e. The van der Waals surface area contributed by atoms with Gasteiger partial charge in [-0.15, -0.1) is 0 Å². The maximum Gasteiger partial charge on any atom is 0.416 e. The van der Waals surface area contributed by atoms with Gasteiger partial charge in [0, 0.05) is 30.3 Å². The summed E-state index contributed by atoms with van der Waals surface area (Å²) in [6.45, 7) is 1.49.